The number of methoxy groups -OCH3 is 2. The van der Waals surface area contributed by atoms with E-state index in [9.17, 15) is 9.59 Å². The molecule has 0 spiro atoms. The molecule has 0 atom stereocenters. The minimum absolute atomic E-state index is 0.0772. The van der Waals surface area contributed by atoms with Crippen molar-refractivity contribution in [2.75, 3.05) is 19.5 Å². The zero-order chi connectivity index (χ0) is 17.4. The van der Waals surface area contributed by atoms with Crippen LogP contribution < -0.4 is 10.1 Å². The SMILES string of the molecule is COC(=O)/C=C(/Nc1ccccc1Oc1cccnc1)C(=O)OC. The second kappa shape index (κ2) is 8.33. The molecule has 1 aromatic heterocycles. The number of hydrogen-bond acceptors (Lipinski definition) is 7. The second-order valence-electron chi connectivity index (χ2n) is 4.48. The maximum Gasteiger partial charge on any atom is 0.354 e. The molecule has 7 nitrogen and oxygen atoms in total. The monoisotopic (exact) mass is 328 g/mol. The quantitative estimate of drug-likeness (QED) is 0.644. The van der Waals surface area contributed by atoms with Gasteiger partial charge >= 0.3 is 11.9 Å². The largest absolute Gasteiger partial charge is 0.466 e. The van der Waals surface area contributed by atoms with E-state index < -0.39 is 11.9 Å². The van der Waals surface area contributed by atoms with Crippen LogP contribution in [0.5, 0.6) is 11.5 Å². The van der Waals surface area contributed by atoms with Crippen LogP contribution in [0.3, 0.4) is 0 Å². The van der Waals surface area contributed by atoms with Crippen LogP contribution in [0.15, 0.2) is 60.6 Å². The summed E-state index contributed by atoms with van der Waals surface area (Å²) in [4.78, 5) is 27.2. The molecule has 1 aromatic carbocycles. The van der Waals surface area contributed by atoms with Crippen LogP contribution in [-0.2, 0) is 19.1 Å². The number of anilines is 1. The van der Waals surface area contributed by atoms with Gasteiger partial charge < -0.3 is 19.5 Å². The van der Waals surface area contributed by atoms with Crippen LogP contribution >= 0.6 is 0 Å². The number of pyridine rings is 1. The van der Waals surface area contributed by atoms with Crippen molar-refractivity contribution in [3.05, 3.63) is 60.6 Å². The number of nitrogens with one attached hydrogen (secondary N) is 1. The predicted octanol–water partition coefficient (Wildman–Crippen LogP) is 2.52. The molecule has 2 aromatic rings. The van der Waals surface area contributed by atoms with Gasteiger partial charge in [-0.25, -0.2) is 9.59 Å². The van der Waals surface area contributed by atoms with Crippen LogP contribution in [0.4, 0.5) is 5.69 Å². The number of ether oxygens (including phenoxy) is 3. The van der Waals surface area contributed by atoms with E-state index in [-0.39, 0.29) is 5.70 Å². The smallest absolute Gasteiger partial charge is 0.354 e. The molecular formula is C17H16N2O5. The third-order valence-corrected chi connectivity index (χ3v) is 2.89. The van der Waals surface area contributed by atoms with Gasteiger partial charge in [0.2, 0.25) is 0 Å². The Kier molecular flexibility index (Phi) is 5.90. The number of para-hydroxylation sites is 2. The minimum atomic E-state index is -0.711. The van der Waals surface area contributed by atoms with Crippen molar-refractivity contribution >= 4 is 17.6 Å². The summed E-state index contributed by atoms with van der Waals surface area (Å²) in [5, 5.41) is 2.82. The lowest BCUT2D eigenvalue weighted by Crippen LogP contribution is -2.15. The molecule has 0 saturated heterocycles. The molecule has 124 valence electrons. The van der Waals surface area contributed by atoms with Gasteiger partial charge in [-0.1, -0.05) is 12.1 Å². The summed E-state index contributed by atoms with van der Waals surface area (Å²) in [5.41, 5.74) is 0.397. The molecule has 0 bridgehead atoms. The van der Waals surface area contributed by atoms with Crippen LogP contribution in [0.2, 0.25) is 0 Å². The lowest BCUT2D eigenvalue weighted by atomic mass is 10.2. The Balaban J connectivity index is 2.29. The molecule has 0 saturated carbocycles. The standard InChI is InChI=1S/C17H16N2O5/c1-22-16(20)10-14(17(21)23-2)19-13-7-3-4-8-15(13)24-12-6-5-9-18-11-12/h3-11,19H,1-2H3/b14-10+. The number of nitrogens with zero attached hydrogens (tertiary/aromatic N) is 1. The van der Waals surface area contributed by atoms with Gasteiger partial charge in [-0.2, -0.15) is 0 Å². The summed E-state index contributed by atoms with van der Waals surface area (Å²) in [5.74, 6) is -0.418. The highest BCUT2D eigenvalue weighted by atomic mass is 16.5. The Labute approximate surface area is 138 Å². The number of esters is 2. The highest BCUT2D eigenvalue weighted by Crippen LogP contribution is 2.29. The summed E-state index contributed by atoms with van der Waals surface area (Å²) in [6.45, 7) is 0. The van der Waals surface area contributed by atoms with Crippen LogP contribution in [0.1, 0.15) is 0 Å². The van der Waals surface area contributed by atoms with Gasteiger partial charge in [0.1, 0.15) is 11.4 Å². The molecule has 0 aliphatic rings. The molecule has 1 N–H and O–H groups in total. The van der Waals surface area contributed by atoms with Crippen molar-refractivity contribution < 1.29 is 23.8 Å². The van der Waals surface area contributed by atoms with Gasteiger partial charge in [0.25, 0.3) is 0 Å². The molecule has 0 radical (unpaired) electrons. The minimum Gasteiger partial charge on any atom is -0.466 e. The van der Waals surface area contributed by atoms with E-state index in [2.05, 4.69) is 19.8 Å². The molecule has 0 aliphatic heterocycles. The molecule has 0 aliphatic carbocycles. The topological polar surface area (TPSA) is 86.8 Å². The van der Waals surface area contributed by atoms with Crippen molar-refractivity contribution in [2.45, 2.75) is 0 Å². The van der Waals surface area contributed by atoms with Gasteiger partial charge in [0.15, 0.2) is 5.75 Å². The van der Waals surface area contributed by atoms with Crippen LogP contribution in [0.25, 0.3) is 0 Å². The highest BCUT2D eigenvalue weighted by Gasteiger charge is 2.15. The average Bonchev–Trinajstić information content (AvgIpc) is 2.62. The number of carbonyl (C=O) groups is 2. The summed E-state index contributed by atoms with van der Waals surface area (Å²) >= 11 is 0. The first-order valence-electron chi connectivity index (χ1n) is 6.96. The van der Waals surface area contributed by atoms with Crippen molar-refractivity contribution in [2.24, 2.45) is 0 Å². The van der Waals surface area contributed by atoms with E-state index in [1.165, 1.54) is 14.2 Å². The van der Waals surface area contributed by atoms with E-state index in [1.54, 1.807) is 48.8 Å². The van der Waals surface area contributed by atoms with Crippen molar-refractivity contribution in [1.82, 2.24) is 4.98 Å². The van der Waals surface area contributed by atoms with Gasteiger partial charge in [-0.05, 0) is 24.3 Å². The number of hydrogen-bond donors (Lipinski definition) is 1. The zero-order valence-corrected chi connectivity index (χ0v) is 13.2. The number of aromatic nitrogens is 1. The number of carbonyl (C=O) groups excluding carboxylic acids is 2. The van der Waals surface area contributed by atoms with E-state index >= 15 is 0 Å². The van der Waals surface area contributed by atoms with Crippen molar-refractivity contribution in [3.8, 4) is 11.5 Å². The predicted molar refractivity (Wildman–Crippen MR) is 86.5 cm³/mol. The van der Waals surface area contributed by atoms with Gasteiger partial charge in [0, 0.05) is 6.20 Å². The summed E-state index contributed by atoms with van der Waals surface area (Å²) in [7, 11) is 2.43. The van der Waals surface area contributed by atoms with Gasteiger partial charge in [-0.15, -0.1) is 0 Å². The third kappa shape index (κ3) is 4.57. The zero-order valence-electron chi connectivity index (χ0n) is 13.2. The molecule has 0 amide bonds. The summed E-state index contributed by atoms with van der Waals surface area (Å²) in [6, 6.07) is 10.4. The Morgan fingerprint density at radius 3 is 2.54 bits per heavy atom. The maximum atomic E-state index is 11.8. The molecule has 7 heteroatoms. The molecule has 24 heavy (non-hydrogen) atoms. The summed E-state index contributed by atoms with van der Waals surface area (Å²) in [6.07, 6.45) is 4.19. The van der Waals surface area contributed by atoms with E-state index in [4.69, 9.17) is 4.74 Å². The summed E-state index contributed by atoms with van der Waals surface area (Å²) < 4.78 is 14.9. The molecule has 2 rings (SSSR count). The lowest BCUT2D eigenvalue weighted by molar-refractivity contribution is -0.138. The normalized spacial score (nSPS) is 10.7. The molecule has 0 fully saturated rings. The Hall–Kier alpha value is -3.35. The average molecular weight is 328 g/mol. The fourth-order valence-corrected chi connectivity index (χ4v) is 1.77. The van der Waals surface area contributed by atoms with Gasteiger partial charge in [0.05, 0.1) is 32.2 Å². The highest BCUT2D eigenvalue weighted by molar-refractivity contribution is 5.99. The van der Waals surface area contributed by atoms with E-state index in [1.807, 2.05) is 0 Å². The molecule has 0 unspecified atom stereocenters. The second-order valence-corrected chi connectivity index (χ2v) is 4.48. The van der Waals surface area contributed by atoms with Crippen molar-refractivity contribution in [3.63, 3.8) is 0 Å². The fraction of sp³-hybridized carbons (Fsp3) is 0.118. The van der Waals surface area contributed by atoms with E-state index in [0.717, 1.165) is 6.08 Å². The molecular weight excluding hydrogens is 312 g/mol. The lowest BCUT2D eigenvalue weighted by Gasteiger charge is -2.13. The first-order chi connectivity index (χ1) is 11.6. The number of rotatable bonds is 6. The van der Waals surface area contributed by atoms with E-state index in [0.29, 0.717) is 17.2 Å². The maximum absolute atomic E-state index is 11.8. The Morgan fingerprint density at radius 2 is 1.88 bits per heavy atom. The first-order valence-corrected chi connectivity index (χ1v) is 6.96. The van der Waals surface area contributed by atoms with Gasteiger partial charge in [-0.3, -0.25) is 4.98 Å². The Morgan fingerprint density at radius 1 is 1.08 bits per heavy atom. The number of benzene rings is 1. The fourth-order valence-electron chi connectivity index (χ4n) is 1.77. The Bertz CT molecular complexity index is 744. The first kappa shape index (κ1) is 17.0. The van der Waals surface area contributed by atoms with Crippen LogP contribution in [-0.4, -0.2) is 31.1 Å². The van der Waals surface area contributed by atoms with Crippen LogP contribution in [0, 0.1) is 0 Å². The molecule has 1 heterocycles. The van der Waals surface area contributed by atoms with Crippen molar-refractivity contribution in [1.29, 1.82) is 0 Å². The third-order valence-electron chi connectivity index (χ3n) is 2.89.